The summed E-state index contributed by atoms with van der Waals surface area (Å²) in [4.78, 5) is 2.56. The number of para-hydroxylation sites is 1. The number of nitrogens with zero attached hydrogens (tertiary/aromatic N) is 5. The molecule has 34 heavy (non-hydrogen) atoms. The summed E-state index contributed by atoms with van der Waals surface area (Å²) in [5.74, 6) is 0. The van der Waals surface area contributed by atoms with Gasteiger partial charge >= 0.3 is 0 Å². The van der Waals surface area contributed by atoms with Crippen molar-refractivity contribution in [1.82, 2.24) is 14.5 Å². The normalized spacial score (nSPS) is 14.8. The van der Waals surface area contributed by atoms with E-state index in [0.717, 1.165) is 37.3 Å². The molecule has 1 aliphatic rings. The van der Waals surface area contributed by atoms with E-state index in [2.05, 4.69) is 106 Å². The largest absolute Gasteiger partial charge is 0.346 e. The first-order valence-corrected chi connectivity index (χ1v) is 11.9. The molecule has 1 fully saturated rings. The molecular formula is C29H29N5. The summed E-state index contributed by atoms with van der Waals surface area (Å²) in [7, 11) is 0. The predicted molar refractivity (Wildman–Crippen MR) is 138 cm³/mol. The van der Waals surface area contributed by atoms with E-state index in [-0.39, 0.29) is 6.04 Å². The summed E-state index contributed by atoms with van der Waals surface area (Å²) in [6.45, 7) is 4.38. The molecule has 0 amide bonds. The molecule has 1 aliphatic heterocycles. The van der Waals surface area contributed by atoms with Crippen LogP contribution in [0.5, 0.6) is 0 Å². The highest BCUT2D eigenvalue weighted by Crippen LogP contribution is 2.29. The van der Waals surface area contributed by atoms with E-state index >= 15 is 0 Å². The maximum absolute atomic E-state index is 8.99. The molecule has 0 spiro atoms. The van der Waals surface area contributed by atoms with Gasteiger partial charge in [-0.2, -0.15) is 10.4 Å². The Bertz CT molecular complexity index is 1240. The van der Waals surface area contributed by atoms with Crippen molar-refractivity contribution in [2.45, 2.75) is 19.0 Å². The second-order valence-electron chi connectivity index (χ2n) is 8.66. The zero-order chi connectivity index (χ0) is 23.2. The molecule has 5 nitrogen and oxygen atoms in total. The maximum Gasteiger partial charge on any atom is 0.0640 e. The molecule has 0 radical (unpaired) electrons. The lowest BCUT2D eigenvalue weighted by atomic mass is 9.96. The first kappa shape index (κ1) is 21.9. The number of benzene rings is 3. The zero-order valence-electron chi connectivity index (χ0n) is 19.3. The van der Waals surface area contributed by atoms with Crippen LogP contribution in [0.1, 0.15) is 29.2 Å². The molecule has 0 atom stereocenters. The van der Waals surface area contributed by atoms with Crippen LogP contribution in [0.25, 0.3) is 10.9 Å². The average molecular weight is 448 g/mol. The second-order valence-corrected chi connectivity index (χ2v) is 8.66. The van der Waals surface area contributed by atoms with Gasteiger partial charge in [0.2, 0.25) is 0 Å². The highest BCUT2D eigenvalue weighted by Gasteiger charge is 2.25. The van der Waals surface area contributed by atoms with Crippen LogP contribution < -0.4 is 0 Å². The van der Waals surface area contributed by atoms with Crippen molar-refractivity contribution >= 4 is 17.1 Å². The fourth-order valence-corrected chi connectivity index (χ4v) is 4.85. The van der Waals surface area contributed by atoms with Crippen molar-refractivity contribution < 1.29 is 0 Å². The topological polar surface area (TPSA) is 47.6 Å². The molecule has 2 heterocycles. The Hall–Kier alpha value is -3.88. The number of hydrazone groups is 1. The summed E-state index contributed by atoms with van der Waals surface area (Å²) < 4.78 is 2.15. The third kappa shape index (κ3) is 4.73. The van der Waals surface area contributed by atoms with Gasteiger partial charge < -0.3 is 4.57 Å². The molecule has 5 rings (SSSR count). The Morgan fingerprint density at radius 2 is 1.44 bits per heavy atom. The fourth-order valence-electron chi connectivity index (χ4n) is 4.85. The van der Waals surface area contributed by atoms with E-state index in [1.807, 2.05) is 12.3 Å². The van der Waals surface area contributed by atoms with Gasteiger partial charge in [-0.05, 0) is 17.2 Å². The molecular weight excluding hydrogens is 418 g/mol. The lowest BCUT2D eigenvalue weighted by Crippen LogP contribution is -2.45. The summed E-state index contributed by atoms with van der Waals surface area (Å²) >= 11 is 0. The smallest absolute Gasteiger partial charge is 0.0640 e. The summed E-state index contributed by atoms with van der Waals surface area (Å²) in [6.07, 6.45) is 4.59. The standard InChI is InChI=1S/C29H29N5/c30-16-9-17-33-23-26(27-14-7-8-15-28(27)33)22-31-34-20-18-32(19-21-34)29(24-10-3-1-4-11-24)25-12-5-2-6-13-25/h1-8,10-15,22-23,29H,9,17-21H2/b31-22+. The van der Waals surface area contributed by atoms with Gasteiger partial charge in [0.15, 0.2) is 0 Å². The Morgan fingerprint density at radius 1 is 0.824 bits per heavy atom. The van der Waals surface area contributed by atoms with Gasteiger partial charge in [-0.3, -0.25) is 9.91 Å². The van der Waals surface area contributed by atoms with Crippen LogP contribution in [-0.2, 0) is 6.54 Å². The van der Waals surface area contributed by atoms with Crippen molar-refractivity contribution in [3.8, 4) is 6.07 Å². The average Bonchev–Trinajstić information content (AvgIpc) is 3.26. The van der Waals surface area contributed by atoms with Gasteiger partial charge in [-0.25, -0.2) is 0 Å². The van der Waals surface area contributed by atoms with Crippen LogP contribution >= 0.6 is 0 Å². The maximum atomic E-state index is 8.99. The van der Waals surface area contributed by atoms with Gasteiger partial charge in [0.1, 0.15) is 0 Å². The quantitative estimate of drug-likeness (QED) is 0.361. The number of fused-ring (bicyclic) bond motifs is 1. The molecule has 5 heteroatoms. The minimum absolute atomic E-state index is 0.256. The Balaban J connectivity index is 1.30. The van der Waals surface area contributed by atoms with E-state index < -0.39 is 0 Å². The van der Waals surface area contributed by atoms with E-state index in [1.165, 1.54) is 16.5 Å². The van der Waals surface area contributed by atoms with Gasteiger partial charge in [0, 0.05) is 55.4 Å². The zero-order valence-corrected chi connectivity index (χ0v) is 19.3. The van der Waals surface area contributed by atoms with Crippen LogP contribution in [0, 0.1) is 11.3 Å². The number of nitriles is 1. The molecule has 0 unspecified atom stereocenters. The van der Waals surface area contributed by atoms with E-state index in [9.17, 15) is 0 Å². The lowest BCUT2D eigenvalue weighted by molar-refractivity contribution is 0.113. The highest BCUT2D eigenvalue weighted by atomic mass is 15.5. The first-order valence-electron chi connectivity index (χ1n) is 11.9. The van der Waals surface area contributed by atoms with Crippen LogP contribution in [0.3, 0.4) is 0 Å². The monoisotopic (exact) mass is 447 g/mol. The SMILES string of the molecule is N#CCCn1cc(/C=N/N2CCN(C(c3ccccc3)c3ccccc3)CC2)c2ccccc21. The minimum Gasteiger partial charge on any atom is -0.346 e. The van der Waals surface area contributed by atoms with Gasteiger partial charge in [-0.1, -0.05) is 78.9 Å². The lowest BCUT2D eigenvalue weighted by Gasteiger charge is -2.38. The van der Waals surface area contributed by atoms with Crippen molar-refractivity contribution in [3.05, 3.63) is 108 Å². The first-order chi connectivity index (χ1) is 16.8. The van der Waals surface area contributed by atoms with Crippen molar-refractivity contribution in [2.24, 2.45) is 5.10 Å². The molecule has 0 N–H and O–H groups in total. The Morgan fingerprint density at radius 3 is 2.09 bits per heavy atom. The number of piperazine rings is 1. The molecule has 4 aromatic rings. The molecule has 0 bridgehead atoms. The van der Waals surface area contributed by atoms with E-state index in [1.54, 1.807) is 0 Å². The molecule has 3 aromatic carbocycles. The van der Waals surface area contributed by atoms with E-state index in [0.29, 0.717) is 13.0 Å². The minimum atomic E-state index is 0.256. The van der Waals surface area contributed by atoms with Crippen LogP contribution in [0.2, 0.25) is 0 Å². The van der Waals surface area contributed by atoms with Crippen LogP contribution in [0.4, 0.5) is 0 Å². The van der Waals surface area contributed by atoms with Crippen LogP contribution in [0.15, 0.2) is 96.2 Å². The molecule has 0 aliphatic carbocycles. The van der Waals surface area contributed by atoms with Crippen molar-refractivity contribution in [3.63, 3.8) is 0 Å². The van der Waals surface area contributed by atoms with Crippen molar-refractivity contribution in [2.75, 3.05) is 26.2 Å². The van der Waals surface area contributed by atoms with Gasteiger partial charge in [-0.15, -0.1) is 0 Å². The van der Waals surface area contributed by atoms with Crippen molar-refractivity contribution in [1.29, 1.82) is 5.26 Å². The molecule has 170 valence electrons. The van der Waals surface area contributed by atoms with E-state index in [4.69, 9.17) is 10.4 Å². The van der Waals surface area contributed by atoms with Crippen LogP contribution in [-0.4, -0.2) is 46.9 Å². The third-order valence-electron chi connectivity index (χ3n) is 6.53. The van der Waals surface area contributed by atoms with Gasteiger partial charge in [0.05, 0.1) is 24.7 Å². The number of aromatic nitrogens is 1. The number of aryl methyl sites for hydroxylation is 1. The number of hydrogen-bond donors (Lipinski definition) is 0. The molecule has 1 saturated heterocycles. The molecule has 1 aromatic heterocycles. The third-order valence-corrected chi connectivity index (χ3v) is 6.53. The summed E-state index contributed by atoms with van der Waals surface area (Å²) in [5.41, 5.74) is 4.91. The Kier molecular flexibility index (Phi) is 6.69. The molecule has 0 saturated carbocycles. The fraction of sp³-hybridized carbons (Fsp3) is 0.241. The number of hydrogen-bond acceptors (Lipinski definition) is 4. The summed E-state index contributed by atoms with van der Waals surface area (Å²) in [5, 5.41) is 17.2. The highest BCUT2D eigenvalue weighted by molar-refractivity contribution is 5.99. The second kappa shape index (κ2) is 10.4. The van der Waals surface area contributed by atoms with Gasteiger partial charge in [0.25, 0.3) is 0 Å². The summed E-state index contributed by atoms with van der Waals surface area (Å²) in [6, 6.07) is 32.4. The Labute approximate surface area is 201 Å². The predicted octanol–water partition coefficient (Wildman–Crippen LogP) is 5.30. The number of rotatable bonds is 7.